The Morgan fingerprint density at radius 3 is 2.65 bits per heavy atom. The largest absolute Gasteiger partial charge is 0.376 e. The van der Waals surface area contributed by atoms with E-state index < -0.39 is 21.3 Å². The first-order chi connectivity index (χ1) is 14.6. The van der Waals surface area contributed by atoms with E-state index in [1.807, 2.05) is 0 Å². The van der Waals surface area contributed by atoms with Gasteiger partial charge in [-0.25, -0.2) is 0 Å². The van der Waals surface area contributed by atoms with Crippen molar-refractivity contribution in [3.63, 3.8) is 0 Å². The average Bonchev–Trinajstić information content (AvgIpc) is 3.38. The van der Waals surface area contributed by atoms with Crippen LogP contribution in [0.4, 0.5) is 10.8 Å². The zero-order valence-electron chi connectivity index (χ0n) is 17.5. The summed E-state index contributed by atoms with van der Waals surface area (Å²) >= 11 is 0.723. The molecule has 0 aliphatic carbocycles. The first-order valence-electron chi connectivity index (χ1n) is 9.73. The number of benzene rings is 1. The third-order valence-corrected chi connectivity index (χ3v) is 7.04. The van der Waals surface area contributed by atoms with Crippen molar-refractivity contribution in [3.8, 4) is 0 Å². The van der Waals surface area contributed by atoms with Crippen molar-refractivity contribution in [2.24, 2.45) is 5.41 Å². The minimum Gasteiger partial charge on any atom is -0.376 e. The molecule has 2 amide bonds. The van der Waals surface area contributed by atoms with E-state index in [2.05, 4.69) is 25.6 Å². The molecule has 1 atom stereocenters. The van der Waals surface area contributed by atoms with Gasteiger partial charge in [-0.1, -0.05) is 44.2 Å². The SMILES string of the molecule is CC(C)(C)C(=O)Nc1nnc(S(=O)(=O)Nc2ccccc2C(=O)NCC2CCCO2)s1. The van der Waals surface area contributed by atoms with E-state index in [4.69, 9.17) is 4.74 Å². The normalized spacial score (nSPS) is 16.7. The minimum absolute atomic E-state index is 0.0315. The predicted octanol–water partition coefficient (Wildman–Crippen LogP) is 2.23. The van der Waals surface area contributed by atoms with Crippen LogP contribution in [-0.4, -0.2) is 49.7 Å². The van der Waals surface area contributed by atoms with E-state index in [0.717, 1.165) is 24.2 Å². The Bertz CT molecular complexity index is 1060. The number of hydrogen-bond donors (Lipinski definition) is 3. The van der Waals surface area contributed by atoms with Crippen molar-refractivity contribution < 1.29 is 22.7 Å². The summed E-state index contributed by atoms with van der Waals surface area (Å²) in [6, 6.07) is 6.27. The van der Waals surface area contributed by atoms with Gasteiger partial charge in [0.25, 0.3) is 20.3 Å². The number of amides is 2. The zero-order valence-corrected chi connectivity index (χ0v) is 19.1. The van der Waals surface area contributed by atoms with Gasteiger partial charge in [-0.2, -0.15) is 8.42 Å². The van der Waals surface area contributed by atoms with Gasteiger partial charge in [-0.3, -0.25) is 14.3 Å². The van der Waals surface area contributed by atoms with E-state index in [1.165, 1.54) is 12.1 Å². The number of hydrogen-bond acceptors (Lipinski definition) is 8. The Morgan fingerprint density at radius 1 is 1.23 bits per heavy atom. The lowest BCUT2D eigenvalue weighted by Crippen LogP contribution is -2.32. The lowest BCUT2D eigenvalue weighted by molar-refractivity contribution is -0.123. The van der Waals surface area contributed by atoms with Gasteiger partial charge in [0.05, 0.1) is 17.4 Å². The van der Waals surface area contributed by atoms with Crippen LogP contribution in [0.2, 0.25) is 0 Å². The molecule has 0 spiro atoms. The second-order valence-electron chi connectivity index (χ2n) is 8.07. The second-order valence-corrected chi connectivity index (χ2v) is 10.9. The molecule has 12 heteroatoms. The van der Waals surface area contributed by atoms with Gasteiger partial charge >= 0.3 is 0 Å². The summed E-state index contributed by atoms with van der Waals surface area (Å²) in [5.41, 5.74) is -0.378. The quantitative estimate of drug-likeness (QED) is 0.531. The molecular weight excluding hydrogens is 442 g/mol. The fourth-order valence-electron chi connectivity index (χ4n) is 2.72. The Morgan fingerprint density at radius 2 is 1.97 bits per heavy atom. The van der Waals surface area contributed by atoms with Crippen LogP contribution in [0.5, 0.6) is 0 Å². The number of carbonyl (C=O) groups is 2. The van der Waals surface area contributed by atoms with Crippen LogP contribution in [-0.2, 0) is 19.6 Å². The predicted molar refractivity (Wildman–Crippen MR) is 117 cm³/mol. The zero-order chi connectivity index (χ0) is 22.6. The Labute approximate surface area is 184 Å². The van der Waals surface area contributed by atoms with Gasteiger partial charge in [0.15, 0.2) is 0 Å². The molecule has 1 unspecified atom stereocenters. The molecule has 3 N–H and O–H groups in total. The Kier molecular flexibility index (Phi) is 6.92. The maximum absolute atomic E-state index is 12.8. The third kappa shape index (κ3) is 5.99. The van der Waals surface area contributed by atoms with E-state index in [-0.39, 0.29) is 32.7 Å². The van der Waals surface area contributed by atoms with E-state index >= 15 is 0 Å². The molecule has 1 aromatic heterocycles. The summed E-state index contributed by atoms with van der Waals surface area (Å²) in [6.45, 7) is 6.21. The van der Waals surface area contributed by atoms with Crippen LogP contribution in [0.1, 0.15) is 44.0 Å². The van der Waals surface area contributed by atoms with Crippen LogP contribution in [0.25, 0.3) is 0 Å². The van der Waals surface area contributed by atoms with Gasteiger partial charge < -0.3 is 15.4 Å². The van der Waals surface area contributed by atoms with Gasteiger partial charge in [0.2, 0.25) is 11.0 Å². The van der Waals surface area contributed by atoms with Crippen molar-refractivity contribution in [2.75, 3.05) is 23.2 Å². The summed E-state index contributed by atoms with van der Waals surface area (Å²) in [4.78, 5) is 24.7. The van der Waals surface area contributed by atoms with Crippen molar-refractivity contribution >= 4 is 44.0 Å². The summed E-state index contributed by atoms with van der Waals surface area (Å²) in [5, 5.41) is 12.8. The smallest absolute Gasteiger partial charge is 0.291 e. The Hall–Kier alpha value is -2.57. The van der Waals surface area contributed by atoms with Gasteiger partial charge in [0, 0.05) is 18.6 Å². The highest BCUT2D eigenvalue weighted by Crippen LogP contribution is 2.26. The van der Waals surface area contributed by atoms with Crippen LogP contribution < -0.4 is 15.4 Å². The monoisotopic (exact) mass is 467 g/mol. The summed E-state index contributed by atoms with van der Waals surface area (Å²) < 4.78 is 33.1. The fourth-order valence-corrected chi connectivity index (χ4v) is 4.70. The molecule has 1 aromatic carbocycles. The average molecular weight is 468 g/mol. The van der Waals surface area contributed by atoms with Crippen LogP contribution >= 0.6 is 11.3 Å². The van der Waals surface area contributed by atoms with Crippen molar-refractivity contribution in [1.82, 2.24) is 15.5 Å². The molecule has 168 valence electrons. The number of para-hydroxylation sites is 1. The summed E-state index contributed by atoms with van der Waals surface area (Å²) in [5.74, 6) is -0.724. The van der Waals surface area contributed by atoms with E-state index in [1.54, 1.807) is 32.9 Å². The molecule has 1 aliphatic heterocycles. The number of carbonyl (C=O) groups excluding carboxylic acids is 2. The highest BCUT2D eigenvalue weighted by atomic mass is 32.2. The third-order valence-electron chi connectivity index (χ3n) is 4.47. The lowest BCUT2D eigenvalue weighted by Gasteiger charge is -2.15. The first-order valence-corrected chi connectivity index (χ1v) is 12.0. The highest BCUT2D eigenvalue weighted by Gasteiger charge is 2.26. The molecule has 0 radical (unpaired) electrons. The number of nitrogens with one attached hydrogen (secondary N) is 3. The van der Waals surface area contributed by atoms with E-state index in [9.17, 15) is 18.0 Å². The molecule has 2 heterocycles. The van der Waals surface area contributed by atoms with Crippen LogP contribution in [0.15, 0.2) is 28.6 Å². The summed E-state index contributed by atoms with van der Waals surface area (Å²) in [6.07, 6.45) is 1.80. The molecule has 10 nitrogen and oxygen atoms in total. The van der Waals surface area contributed by atoms with Crippen molar-refractivity contribution in [2.45, 2.75) is 44.1 Å². The van der Waals surface area contributed by atoms with Crippen LogP contribution in [0, 0.1) is 5.41 Å². The van der Waals surface area contributed by atoms with Gasteiger partial charge in [-0.05, 0) is 25.0 Å². The molecule has 1 fully saturated rings. The maximum Gasteiger partial charge on any atom is 0.291 e. The molecule has 31 heavy (non-hydrogen) atoms. The maximum atomic E-state index is 12.8. The van der Waals surface area contributed by atoms with Crippen LogP contribution in [0.3, 0.4) is 0 Å². The van der Waals surface area contributed by atoms with Gasteiger partial charge in [0.1, 0.15) is 0 Å². The van der Waals surface area contributed by atoms with E-state index in [0.29, 0.717) is 13.2 Å². The standard InChI is InChI=1S/C19H25N5O5S2/c1-19(2,3)16(26)21-17-22-23-18(30-17)31(27,28)24-14-9-5-4-8-13(14)15(25)20-11-12-7-6-10-29-12/h4-5,8-9,12,24H,6-7,10-11H2,1-3H3,(H,20,25)(H,21,22,26). The lowest BCUT2D eigenvalue weighted by atomic mass is 9.96. The molecule has 1 saturated heterocycles. The fraction of sp³-hybridized carbons (Fsp3) is 0.474. The molecule has 0 saturated carbocycles. The first kappa shape index (κ1) is 23.1. The summed E-state index contributed by atoms with van der Waals surface area (Å²) in [7, 11) is -4.11. The number of ether oxygens (including phenoxy) is 1. The minimum atomic E-state index is -4.11. The Balaban J connectivity index is 1.72. The number of nitrogens with zero attached hydrogens (tertiary/aromatic N) is 2. The molecule has 0 bridgehead atoms. The molecule has 1 aliphatic rings. The molecule has 3 rings (SSSR count). The number of aromatic nitrogens is 2. The van der Waals surface area contributed by atoms with Crippen molar-refractivity contribution in [3.05, 3.63) is 29.8 Å². The van der Waals surface area contributed by atoms with Gasteiger partial charge in [-0.15, -0.1) is 10.2 Å². The highest BCUT2D eigenvalue weighted by molar-refractivity contribution is 7.94. The number of sulfonamides is 1. The number of anilines is 2. The molecular formula is C19H25N5O5S2. The topological polar surface area (TPSA) is 139 Å². The number of rotatable bonds is 7. The van der Waals surface area contributed by atoms with Crippen molar-refractivity contribution in [1.29, 1.82) is 0 Å². The second kappa shape index (κ2) is 9.28. The molecule has 2 aromatic rings.